The van der Waals surface area contributed by atoms with Crippen molar-refractivity contribution in [1.82, 2.24) is 10.1 Å². The Labute approximate surface area is 109 Å². The van der Waals surface area contributed by atoms with E-state index in [9.17, 15) is 0 Å². The lowest BCUT2D eigenvalue weighted by Crippen LogP contribution is -2.08. The van der Waals surface area contributed by atoms with Crippen molar-refractivity contribution in [3.8, 4) is 11.4 Å². The molecule has 0 aliphatic carbocycles. The van der Waals surface area contributed by atoms with Gasteiger partial charge in [-0.1, -0.05) is 35.3 Å². The summed E-state index contributed by atoms with van der Waals surface area (Å²) >= 11 is 11.8. The summed E-state index contributed by atoms with van der Waals surface area (Å²) in [7, 11) is 0. The Bertz CT molecular complexity index is 507. The maximum Gasteiger partial charge on any atom is 0.243 e. The quantitative estimate of drug-likeness (QED) is 0.929. The van der Waals surface area contributed by atoms with Gasteiger partial charge in [-0.05, 0) is 24.6 Å². The second-order valence-corrected chi connectivity index (χ2v) is 4.50. The second-order valence-electron chi connectivity index (χ2n) is 3.63. The van der Waals surface area contributed by atoms with Crippen molar-refractivity contribution < 1.29 is 4.52 Å². The molecule has 0 spiro atoms. The van der Waals surface area contributed by atoms with Crippen LogP contribution < -0.4 is 5.73 Å². The molecule has 2 aromatic rings. The molecular formula is C11H11Cl2N3O. The predicted molar refractivity (Wildman–Crippen MR) is 67.0 cm³/mol. The highest BCUT2D eigenvalue weighted by molar-refractivity contribution is 6.35. The summed E-state index contributed by atoms with van der Waals surface area (Å²) in [6.45, 7) is 1.95. The molecule has 4 nitrogen and oxygen atoms in total. The van der Waals surface area contributed by atoms with Gasteiger partial charge in [0, 0.05) is 15.6 Å². The van der Waals surface area contributed by atoms with E-state index in [4.69, 9.17) is 33.5 Å². The number of benzene rings is 1. The zero-order valence-corrected chi connectivity index (χ0v) is 10.7. The second kappa shape index (κ2) is 5.04. The number of rotatable bonds is 3. The fourth-order valence-electron chi connectivity index (χ4n) is 1.36. The molecule has 6 heteroatoms. The van der Waals surface area contributed by atoms with Crippen molar-refractivity contribution in [1.29, 1.82) is 0 Å². The Morgan fingerprint density at radius 2 is 1.94 bits per heavy atom. The van der Waals surface area contributed by atoms with Gasteiger partial charge in [-0.15, -0.1) is 0 Å². The molecule has 0 bridgehead atoms. The topological polar surface area (TPSA) is 64.9 Å². The molecule has 0 saturated carbocycles. The van der Waals surface area contributed by atoms with E-state index in [1.165, 1.54) is 0 Å². The molecule has 0 fully saturated rings. The van der Waals surface area contributed by atoms with Crippen molar-refractivity contribution in [3.63, 3.8) is 0 Å². The molecule has 0 amide bonds. The Balaban J connectivity index is 2.36. The van der Waals surface area contributed by atoms with Crippen molar-refractivity contribution in [2.75, 3.05) is 0 Å². The van der Waals surface area contributed by atoms with Gasteiger partial charge in [-0.25, -0.2) is 0 Å². The molecule has 1 aromatic carbocycles. The van der Waals surface area contributed by atoms with Crippen LogP contribution in [0.15, 0.2) is 22.7 Å². The van der Waals surface area contributed by atoms with Crippen LogP contribution >= 0.6 is 23.2 Å². The van der Waals surface area contributed by atoms with Gasteiger partial charge in [-0.2, -0.15) is 4.98 Å². The first-order valence-electron chi connectivity index (χ1n) is 5.15. The van der Waals surface area contributed by atoms with Crippen LogP contribution in [-0.4, -0.2) is 10.1 Å². The Morgan fingerprint density at radius 1 is 1.29 bits per heavy atom. The first-order valence-corrected chi connectivity index (χ1v) is 5.91. The molecule has 90 valence electrons. The van der Waals surface area contributed by atoms with Crippen LogP contribution in [0.3, 0.4) is 0 Å². The highest BCUT2D eigenvalue weighted by Crippen LogP contribution is 2.26. The highest BCUT2D eigenvalue weighted by Gasteiger charge is 2.14. The standard InChI is InChI=1S/C11H11Cl2N3O/c1-2-9(14)11-15-10(16-17-11)6-3-7(12)5-8(13)4-6/h3-5,9H,2,14H2,1H3/t9-/m1/s1. The van der Waals surface area contributed by atoms with Crippen LogP contribution in [0.25, 0.3) is 11.4 Å². The number of aromatic nitrogens is 2. The lowest BCUT2D eigenvalue weighted by atomic mass is 10.2. The molecule has 0 unspecified atom stereocenters. The average molecular weight is 272 g/mol. The molecule has 17 heavy (non-hydrogen) atoms. The van der Waals surface area contributed by atoms with Gasteiger partial charge in [-0.3, -0.25) is 0 Å². The largest absolute Gasteiger partial charge is 0.337 e. The molecular weight excluding hydrogens is 261 g/mol. The lowest BCUT2D eigenvalue weighted by Gasteiger charge is -1.99. The zero-order chi connectivity index (χ0) is 12.4. The Kier molecular flexibility index (Phi) is 3.66. The van der Waals surface area contributed by atoms with Crippen molar-refractivity contribution in [2.45, 2.75) is 19.4 Å². The molecule has 2 rings (SSSR count). The van der Waals surface area contributed by atoms with E-state index in [2.05, 4.69) is 10.1 Å². The van der Waals surface area contributed by atoms with Gasteiger partial charge < -0.3 is 10.3 Å². The van der Waals surface area contributed by atoms with Gasteiger partial charge in [0.05, 0.1) is 6.04 Å². The molecule has 1 aromatic heterocycles. The number of nitrogens with two attached hydrogens (primary N) is 1. The predicted octanol–water partition coefficient (Wildman–Crippen LogP) is 3.45. The summed E-state index contributed by atoms with van der Waals surface area (Å²) in [6, 6.07) is 4.84. The van der Waals surface area contributed by atoms with Gasteiger partial charge in [0.1, 0.15) is 0 Å². The molecule has 0 aliphatic heterocycles. The van der Waals surface area contributed by atoms with Gasteiger partial charge in [0.25, 0.3) is 0 Å². The van der Waals surface area contributed by atoms with Crippen LogP contribution in [0, 0.1) is 0 Å². The van der Waals surface area contributed by atoms with E-state index in [1.807, 2.05) is 6.92 Å². The minimum Gasteiger partial charge on any atom is -0.337 e. The van der Waals surface area contributed by atoms with Crippen LogP contribution in [0.5, 0.6) is 0 Å². The van der Waals surface area contributed by atoms with Crippen molar-refractivity contribution >= 4 is 23.2 Å². The normalized spacial score (nSPS) is 12.7. The Hall–Kier alpha value is -1.10. The van der Waals surface area contributed by atoms with E-state index >= 15 is 0 Å². The van der Waals surface area contributed by atoms with Gasteiger partial charge in [0.2, 0.25) is 11.7 Å². The SMILES string of the molecule is CC[C@@H](N)c1nc(-c2cc(Cl)cc(Cl)c2)no1. The summed E-state index contributed by atoms with van der Waals surface area (Å²) in [5, 5.41) is 4.91. The summed E-state index contributed by atoms with van der Waals surface area (Å²) in [5.41, 5.74) is 6.51. The summed E-state index contributed by atoms with van der Waals surface area (Å²) in [4.78, 5) is 4.21. The van der Waals surface area contributed by atoms with Gasteiger partial charge in [0.15, 0.2) is 0 Å². The smallest absolute Gasteiger partial charge is 0.243 e. The molecule has 0 aliphatic rings. The van der Waals surface area contributed by atoms with Crippen LogP contribution in [0.1, 0.15) is 25.3 Å². The minimum absolute atomic E-state index is 0.245. The molecule has 1 heterocycles. The fraction of sp³-hybridized carbons (Fsp3) is 0.273. The maximum atomic E-state index is 5.90. The maximum absolute atomic E-state index is 5.90. The first-order chi connectivity index (χ1) is 8.10. The summed E-state index contributed by atoms with van der Waals surface area (Å²) < 4.78 is 5.08. The summed E-state index contributed by atoms with van der Waals surface area (Å²) in [5.74, 6) is 0.854. The average Bonchev–Trinajstić information content (AvgIpc) is 2.76. The van der Waals surface area contributed by atoms with E-state index < -0.39 is 0 Å². The highest BCUT2D eigenvalue weighted by atomic mass is 35.5. The van der Waals surface area contributed by atoms with Crippen LogP contribution in [-0.2, 0) is 0 Å². The molecule has 0 radical (unpaired) electrons. The van der Waals surface area contributed by atoms with Crippen molar-refractivity contribution in [3.05, 3.63) is 34.1 Å². The third-order valence-electron chi connectivity index (χ3n) is 2.32. The third kappa shape index (κ3) is 2.77. The fourth-order valence-corrected chi connectivity index (χ4v) is 1.89. The first kappa shape index (κ1) is 12.4. The number of hydrogen-bond donors (Lipinski definition) is 1. The number of halogens is 2. The molecule has 1 atom stereocenters. The van der Waals surface area contributed by atoms with Crippen molar-refractivity contribution in [2.24, 2.45) is 5.73 Å². The Morgan fingerprint density at radius 3 is 2.53 bits per heavy atom. The molecule has 0 saturated heterocycles. The van der Waals surface area contributed by atoms with E-state index in [0.29, 0.717) is 27.3 Å². The van der Waals surface area contributed by atoms with Crippen LogP contribution in [0.2, 0.25) is 10.0 Å². The van der Waals surface area contributed by atoms with E-state index in [0.717, 1.165) is 6.42 Å². The van der Waals surface area contributed by atoms with Crippen LogP contribution in [0.4, 0.5) is 0 Å². The zero-order valence-electron chi connectivity index (χ0n) is 9.15. The minimum atomic E-state index is -0.245. The monoisotopic (exact) mass is 271 g/mol. The lowest BCUT2D eigenvalue weighted by molar-refractivity contribution is 0.352. The van der Waals surface area contributed by atoms with E-state index in [1.54, 1.807) is 18.2 Å². The van der Waals surface area contributed by atoms with E-state index in [-0.39, 0.29) is 6.04 Å². The third-order valence-corrected chi connectivity index (χ3v) is 2.76. The molecule has 2 N–H and O–H groups in total. The number of nitrogens with zero attached hydrogens (tertiary/aromatic N) is 2. The number of hydrogen-bond acceptors (Lipinski definition) is 4. The van der Waals surface area contributed by atoms with Gasteiger partial charge >= 0.3 is 0 Å². The summed E-state index contributed by atoms with van der Waals surface area (Å²) in [6.07, 6.45) is 0.734.